The molecule has 2 heterocycles. The predicted octanol–water partition coefficient (Wildman–Crippen LogP) is 1.83. The minimum absolute atomic E-state index is 0.0117. The summed E-state index contributed by atoms with van der Waals surface area (Å²) in [7, 11) is 2.99. The Balaban J connectivity index is 1.92. The van der Waals surface area contributed by atoms with E-state index in [0.717, 1.165) is 0 Å². The molecule has 1 amide bonds. The van der Waals surface area contributed by atoms with Crippen LogP contribution in [-0.2, 0) is 13.7 Å². The van der Waals surface area contributed by atoms with E-state index in [2.05, 4.69) is 15.1 Å². The van der Waals surface area contributed by atoms with E-state index in [1.165, 1.54) is 36.3 Å². The minimum Gasteiger partial charge on any atom is -0.490 e. The van der Waals surface area contributed by atoms with Crippen LogP contribution < -0.4 is 19.9 Å². The Morgan fingerprint density at radius 3 is 2.76 bits per heavy atom. The molecule has 0 spiro atoms. The van der Waals surface area contributed by atoms with Gasteiger partial charge in [0.25, 0.3) is 0 Å². The van der Waals surface area contributed by atoms with Crippen LogP contribution in [0.4, 0.5) is 10.5 Å². The van der Waals surface area contributed by atoms with E-state index >= 15 is 0 Å². The second kappa shape index (κ2) is 8.21. The van der Waals surface area contributed by atoms with Gasteiger partial charge in [0.1, 0.15) is 18.7 Å². The number of nitrogens with zero attached hydrogens (tertiary/aromatic N) is 5. The first-order valence-corrected chi connectivity index (χ1v) is 8.16. The summed E-state index contributed by atoms with van der Waals surface area (Å²) < 4.78 is 17.0. The van der Waals surface area contributed by atoms with Crippen LogP contribution in [0.3, 0.4) is 0 Å². The van der Waals surface area contributed by atoms with Crippen molar-refractivity contribution in [1.82, 2.24) is 19.7 Å². The molecule has 0 fully saturated rings. The van der Waals surface area contributed by atoms with Gasteiger partial charge in [0.2, 0.25) is 11.6 Å². The number of hydrogen-bond donors (Lipinski definition) is 1. The van der Waals surface area contributed by atoms with Gasteiger partial charge in [0.05, 0.1) is 29.4 Å². The lowest BCUT2D eigenvalue weighted by molar-refractivity contribution is -0.385. The highest BCUT2D eigenvalue weighted by Gasteiger charge is 2.24. The summed E-state index contributed by atoms with van der Waals surface area (Å²) in [5, 5.41) is 15.7. The first-order chi connectivity index (χ1) is 13.9. The Hall–Kier alpha value is -4.22. The molecule has 2 N–H and O–H groups in total. The number of ether oxygens (including phenoxy) is 3. The molecule has 1 aromatic carbocycles. The maximum atomic E-state index is 11.5. The molecule has 0 atom stereocenters. The lowest BCUT2D eigenvalue weighted by atomic mass is 10.1. The number of nitro benzene ring substituents is 1. The van der Waals surface area contributed by atoms with Gasteiger partial charge in [-0.25, -0.2) is 14.8 Å². The van der Waals surface area contributed by atoms with Crippen LogP contribution in [0.1, 0.15) is 5.69 Å². The van der Waals surface area contributed by atoms with Gasteiger partial charge in [-0.3, -0.25) is 14.8 Å². The Morgan fingerprint density at radius 2 is 2.14 bits per heavy atom. The third-order valence-corrected chi connectivity index (χ3v) is 3.66. The zero-order valence-electron chi connectivity index (χ0n) is 15.4. The van der Waals surface area contributed by atoms with Gasteiger partial charge in [-0.15, -0.1) is 0 Å². The van der Waals surface area contributed by atoms with Crippen LogP contribution in [0.5, 0.6) is 17.4 Å². The van der Waals surface area contributed by atoms with Crippen molar-refractivity contribution in [2.45, 2.75) is 6.61 Å². The average Bonchev–Trinajstić information content (AvgIpc) is 3.11. The standard InChI is InChI=1S/C17H16N6O6/c1-22-9-19-16(21-22)12-6-11(7-13(23(25)26)15(12)27-2)28-8-10-4-3-5-14(20-10)29-17(18)24/h3-7,9H,8H2,1-2H3,(H2,18,24). The van der Waals surface area contributed by atoms with E-state index in [9.17, 15) is 14.9 Å². The maximum Gasteiger partial charge on any atom is 0.411 e. The Labute approximate surface area is 164 Å². The second-order valence-corrected chi connectivity index (χ2v) is 5.70. The number of rotatable bonds is 7. The van der Waals surface area contributed by atoms with Crippen LogP contribution in [0.15, 0.2) is 36.7 Å². The highest BCUT2D eigenvalue weighted by atomic mass is 16.6. The van der Waals surface area contributed by atoms with Gasteiger partial charge < -0.3 is 19.9 Å². The molecule has 0 saturated carbocycles. The number of primary amides is 1. The third kappa shape index (κ3) is 4.55. The number of carbonyl (C=O) groups excluding carboxylic acids is 1. The fourth-order valence-electron chi connectivity index (χ4n) is 2.51. The van der Waals surface area contributed by atoms with E-state index in [1.54, 1.807) is 19.2 Å². The fraction of sp³-hybridized carbons (Fsp3) is 0.176. The third-order valence-electron chi connectivity index (χ3n) is 3.66. The predicted molar refractivity (Wildman–Crippen MR) is 98.4 cm³/mol. The van der Waals surface area contributed by atoms with Crippen molar-refractivity contribution in [1.29, 1.82) is 0 Å². The van der Waals surface area contributed by atoms with Gasteiger partial charge >= 0.3 is 11.8 Å². The number of aromatic nitrogens is 4. The molecule has 150 valence electrons. The van der Waals surface area contributed by atoms with Crippen molar-refractivity contribution < 1.29 is 23.9 Å². The van der Waals surface area contributed by atoms with Gasteiger partial charge in [-0.2, -0.15) is 5.10 Å². The number of methoxy groups -OCH3 is 1. The average molecular weight is 400 g/mol. The van der Waals surface area contributed by atoms with Crippen molar-refractivity contribution in [3.63, 3.8) is 0 Å². The summed E-state index contributed by atoms with van der Waals surface area (Å²) in [5.41, 5.74) is 5.38. The molecule has 29 heavy (non-hydrogen) atoms. The quantitative estimate of drug-likeness (QED) is 0.461. The number of amides is 1. The number of nitro groups is 1. The summed E-state index contributed by atoms with van der Waals surface area (Å²) in [6.07, 6.45) is 0.469. The van der Waals surface area contributed by atoms with E-state index < -0.39 is 11.0 Å². The van der Waals surface area contributed by atoms with Gasteiger partial charge in [-0.05, 0) is 12.1 Å². The molecule has 12 nitrogen and oxygen atoms in total. The number of carbonyl (C=O) groups is 1. The summed E-state index contributed by atoms with van der Waals surface area (Å²) in [6.45, 7) is -0.0471. The SMILES string of the molecule is COc1c(-c2ncn(C)n2)cc(OCc2cccc(OC(N)=O)n2)cc1[N+](=O)[O-]. The number of nitrogens with two attached hydrogens (primary N) is 1. The monoisotopic (exact) mass is 400 g/mol. The molecule has 0 aliphatic heterocycles. The van der Waals surface area contributed by atoms with Crippen LogP contribution in [0, 0.1) is 10.1 Å². The number of aryl methyl sites for hydroxylation is 1. The van der Waals surface area contributed by atoms with E-state index in [4.69, 9.17) is 19.9 Å². The molecule has 0 aliphatic carbocycles. The van der Waals surface area contributed by atoms with E-state index in [1.807, 2.05) is 0 Å². The van der Waals surface area contributed by atoms with E-state index in [0.29, 0.717) is 11.3 Å². The minimum atomic E-state index is -0.992. The van der Waals surface area contributed by atoms with Crippen molar-refractivity contribution >= 4 is 11.8 Å². The van der Waals surface area contributed by atoms with E-state index in [-0.39, 0.29) is 35.5 Å². The zero-order valence-corrected chi connectivity index (χ0v) is 15.4. The van der Waals surface area contributed by atoms with Crippen molar-refractivity contribution in [3.05, 3.63) is 52.5 Å². The molecule has 0 radical (unpaired) electrons. The van der Waals surface area contributed by atoms with Crippen molar-refractivity contribution in [3.8, 4) is 28.8 Å². The number of hydrogen-bond acceptors (Lipinski definition) is 9. The van der Waals surface area contributed by atoms with Crippen LogP contribution in [-0.4, -0.2) is 37.9 Å². The Morgan fingerprint density at radius 1 is 1.34 bits per heavy atom. The summed E-state index contributed by atoms with van der Waals surface area (Å²) in [6, 6.07) is 7.45. The van der Waals surface area contributed by atoms with Crippen molar-refractivity contribution in [2.75, 3.05) is 7.11 Å². The summed E-state index contributed by atoms with van der Waals surface area (Å²) >= 11 is 0. The molecular formula is C17H16N6O6. The zero-order chi connectivity index (χ0) is 21.0. The fourth-order valence-corrected chi connectivity index (χ4v) is 2.51. The van der Waals surface area contributed by atoms with Gasteiger partial charge in [0.15, 0.2) is 5.82 Å². The molecular weight excluding hydrogens is 384 g/mol. The first kappa shape index (κ1) is 19.5. The molecule has 0 saturated heterocycles. The van der Waals surface area contributed by atoms with Gasteiger partial charge in [-0.1, -0.05) is 6.07 Å². The highest BCUT2D eigenvalue weighted by molar-refractivity contribution is 5.73. The molecule has 0 aliphatic rings. The molecule has 0 unspecified atom stereocenters. The molecule has 3 aromatic rings. The summed E-state index contributed by atoms with van der Waals surface area (Å²) in [4.78, 5) is 29.9. The van der Waals surface area contributed by atoms with Crippen LogP contribution >= 0.6 is 0 Å². The first-order valence-electron chi connectivity index (χ1n) is 8.16. The Bertz CT molecular complexity index is 1070. The smallest absolute Gasteiger partial charge is 0.411 e. The van der Waals surface area contributed by atoms with Gasteiger partial charge in [0, 0.05) is 13.1 Å². The lowest BCUT2D eigenvalue weighted by Crippen LogP contribution is -2.17. The second-order valence-electron chi connectivity index (χ2n) is 5.70. The highest BCUT2D eigenvalue weighted by Crippen LogP contribution is 2.40. The maximum absolute atomic E-state index is 11.5. The summed E-state index contributed by atoms with van der Waals surface area (Å²) in [5.74, 6) is 0.456. The van der Waals surface area contributed by atoms with Crippen molar-refractivity contribution in [2.24, 2.45) is 12.8 Å². The van der Waals surface area contributed by atoms with Crippen LogP contribution in [0.2, 0.25) is 0 Å². The Kier molecular flexibility index (Phi) is 5.53. The topological polar surface area (TPSA) is 158 Å². The molecule has 3 rings (SSSR count). The molecule has 2 aromatic heterocycles. The molecule has 12 heteroatoms. The van der Waals surface area contributed by atoms with Crippen LogP contribution in [0.25, 0.3) is 11.4 Å². The lowest BCUT2D eigenvalue weighted by Gasteiger charge is -2.11. The molecule has 0 bridgehead atoms. The number of benzene rings is 1. The number of pyridine rings is 1. The largest absolute Gasteiger partial charge is 0.490 e. The normalized spacial score (nSPS) is 10.4.